The van der Waals surface area contributed by atoms with Crippen molar-refractivity contribution < 1.29 is 28.4 Å². The molecule has 0 amide bonds. The maximum absolute atomic E-state index is 14.5. The summed E-state index contributed by atoms with van der Waals surface area (Å²) < 4.78 is 39.9. The van der Waals surface area contributed by atoms with Crippen LogP contribution in [0.15, 0.2) is 36.4 Å². The summed E-state index contributed by atoms with van der Waals surface area (Å²) in [6.45, 7) is 5.00. The van der Waals surface area contributed by atoms with Gasteiger partial charge in [0.25, 0.3) is 0 Å². The zero-order valence-electron chi connectivity index (χ0n) is 16.7. The van der Waals surface area contributed by atoms with Crippen LogP contribution in [0.3, 0.4) is 0 Å². The Kier molecular flexibility index (Phi) is 9.74. The number of nitrogens with one attached hydrogen (secondary N) is 1. The van der Waals surface area contributed by atoms with Crippen molar-refractivity contribution in [3.8, 4) is 22.6 Å². The lowest BCUT2D eigenvalue weighted by atomic mass is 10.0. The van der Waals surface area contributed by atoms with Crippen LogP contribution in [0.5, 0.6) is 11.5 Å². The molecule has 0 bridgehead atoms. The van der Waals surface area contributed by atoms with Gasteiger partial charge in [0.05, 0.1) is 13.2 Å². The van der Waals surface area contributed by atoms with Gasteiger partial charge in [-0.1, -0.05) is 32.4 Å². The van der Waals surface area contributed by atoms with E-state index in [1.807, 2.05) is 0 Å². The summed E-state index contributed by atoms with van der Waals surface area (Å²) in [6, 6.07) is 9.80. The largest absolute Gasteiger partial charge is 0.493 e. The maximum atomic E-state index is 14.5. The molecule has 2 atom stereocenters. The molecule has 2 rings (SSSR count). The molecule has 3 N–H and O–H groups in total. The van der Waals surface area contributed by atoms with Gasteiger partial charge in [-0.25, -0.2) is 4.39 Å². The first-order valence-corrected chi connectivity index (χ1v) is 11.1. The van der Waals surface area contributed by atoms with Gasteiger partial charge < -0.3 is 19.6 Å². The van der Waals surface area contributed by atoms with Gasteiger partial charge in [0.15, 0.2) is 11.6 Å². The lowest BCUT2D eigenvalue weighted by Gasteiger charge is -2.13. The predicted molar refractivity (Wildman–Crippen MR) is 110 cm³/mol. The average molecular weight is 427 g/mol. The Bertz CT molecular complexity index is 761. The molecule has 0 saturated carbocycles. The van der Waals surface area contributed by atoms with Crippen LogP contribution in [0.25, 0.3) is 11.1 Å². The fourth-order valence-electron chi connectivity index (χ4n) is 2.55. The summed E-state index contributed by atoms with van der Waals surface area (Å²) in [5.74, 6) is -0.990. The standard InChI is InChI=1S/C21H28F2NO4P/c1-3-15(2)14-28-17-8-6-16(7-9-17)18-10-11-19(21(23)20(18)22)27-12-4-5-13-29(26)24-25/h6-11,15,24-26H,3-5,12-14H2,1-2H3/t15-,29?/m1/s1. The van der Waals surface area contributed by atoms with Crippen molar-refractivity contribution in [3.05, 3.63) is 48.0 Å². The second-order valence-corrected chi connectivity index (χ2v) is 8.31. The van der Waals surface area contributed by atoms with E-state index in [0.29, 0.717) is 42.8 Å². The number of hydrogen-bond acceptors (Lipinski definition) is 5. The molecule has 0 fully saturated rings. The Labute approximate surface area is 171 Å². The molecule has 0 saturated heterocycles. The number of halogens is 2. The van der Waals surface area contributed by atoms with Crippen LogP contribution in [-0.4, -0.2) is 29.5 Å². The van der Waals surface area contributed by atoms with Crippen LogP contribution in [0.4, 0.5) is 8.78 Å². The first kappa shape index (κ1) is 23.5. The predicted octanol–water partition coefficient (Wildman–Crippen LogP) is 5.50. The summed E-state index contributed by atoms with van der Waals surface area (Å²) in [5, 5.41) is 10.3. The van der Waals surface area contributed by atoms with Gasteiger partial charge in [-0.05, 0) is 48.6 Å². The van der Waals surface area contributed by atoms with Crippen molar-refractivity contribution in [3.63, 3.8) is 0 Å². The zero-order valence-corrected chi connectivity index (χ0v) is 17.6. The third-order valence-corrected chi connectivity index (χ3v) is 5.55. The molecule has 29 heavy (non-hydrogen) atoms. The molecule has 2 aromatic carbocycles. The van der Waals surface area contributed by atoms with Crippen molar-refractivity contribution >= 4 is 8.30 Å². The van der Waals surface area contributed by atoms with Crippen molar-refractivity contribution in [2.24, 2.45) is 5.92 Å². The number of benzene rings is 2. The molecule has 8 heteroatoms. The second kappa shape index (κ2) is 12.0. The van der Waals surface area contributed by atoms with Crippen LogP contribution in [-0.2, 0) is 0 Å². The number of hydrogen-bond donors (Lipinski definition) is 3. The number of unbranched alkanes of at least 4 members (excludes halogenated alkanes) is 1. The van der Waals surface area contributed by atoms with E-state index in [1.54, 1.807) is 29.5 Å². The summed E-state index contributed by atoms with van der Waals surface area (Å²) in [5.41, 5.74) is 0.708. The lowest BCUT2D eigenvalue weighted by molar-refractivity contribution is 0.238. The Balaban J connectivity index is 1.96. The number of rotatable bonds is 12. The van der Waals surface area contributed by atoms with Gasteiger partial charge in [0.2, 0.25) is 5.82 Å². The van der Waals surface area contributed by atoms with E-state index in [1.165, 1.54) is 12.1 Å². The molecule has 0 aliphatic carbocycles. The van der Waals surface area contributed by atoms with Crippen LogP contribution < -0.4 is 14.7 Å². The monoisotopic (exact) mass is 427 g/mol. The summed E-state index contributed by atoms with van der Waals surface area (Å²) in [4.78, 5) is 9.22. The highest BCUT2D eigenvalue weighted by Gasteiger charge is 2.16. The van der Waals surface area contributed by atoms with E-state index in [0.717, 1.165) is 6.42 Å². The van der Waals surface area contributed by atoms with Crippen molar-refractivity contribution in [1.82, 2.24) is 5.25 Å². The SMILES string of the molecule is CC[C@@H](C)COc1ccc(-c2ccc(OCCCCP(O)NO)c(F)c2F)cc1. The third-order valence-electron chi connectivity index (χ3n) is 4.58. The second-order valence-electron chi connectivity index (χ2n) is 6.87. The first-order valence-electron chi connectivity index (χ1n) is 9.66. The normalized spacial score (nSPS) is 13.2. The van der Waals surface area contributed by atoms with Gasteiger partial charge in [-0.2, -0.15) is 9.64 Å². The summed E-state index contributed by atoms with van der Waals surface area (Å²) >= 11 is 0. The molecule has 0 radical (unpaired) electrons. The highest BCUT2D eigenvalue weighted by Crippen LogP contribution is 2.31. The first-order chi connectivity index (χ1) is 14.0. The van der Waals surface area contributed by atoms with Crippen molar-refractivity contribution in [2.75, 3.05) is 19.4 Å². The Morgan fingerprint density at radius 3 is 2.41 bits per heavy atom. The molecule has 0 aromatic heterocycles. The minimum absolute atomic E-state index is 0.147. The zero-order chi connectivity index (χ0) is 21.2. The van der Waals surface area contributed by atoms with Gasteiger partial charge in [0, 0.05) is 11.7 Å². The molecule has 1 unspecified atom stereocenters. The Morgan fingerprint density at radius 1 is 1.03 bits per heavy atom. The lowest BCUT2D eigenvalue weighted by Crippen LogP contribution is -2.07. The van der Waals surface area contributed by atoms with Gasteiger partial charge in [0.1, 0.15) is 14.0 Å². The smallest absolute Gasteiger partial charge is 0.201 e. The molecule has 160 valence electrons. The fourth-order valence-corrected chi connectivity index (χ4v) is 3.17. The average Bonchev–Trinajstić information content (AvgIpc) is 2.74. The van der Waals surface area contributed by atoms with Crippen molar-refractivity contribution in [2.45, 2.75) is 33.1 Å². The van der Waals surface area contributed by atoms with Gasteiger partial charge in [-0.15, -0.1) is 0 Å². The van der Waals surface area contributed by atoms with Crippen LogP contribution >= 0.6 is 8.30 Å². The summed E-state index contributed by atoms with van der Waals surface area (Å²) in [6.07, 6.45) is 2.55. The molecule has 2 aromatic rings. The molecule has 5 nitrogen and oxygen atoms in total. The van der Waals surface area contributed by atoms with E-state index in [2.05, 4.69) is 13.8 Å². The maximum Gasteiger partial charge on any atom is 0.201 e. The van der Waals surface area contributed by atoms with Crippen molar-refractivity contribution in [1.29, 1.82) is 0 Å². The van der Waals surface area contributed by atoms with Crippen LogP contribution in [0.2, 0.25) is 0 Å². The topological polar surface area (TPSA) is 71.0 Å². The molecular formula is C21H28F2NO4P. The highest BCUT2D eigenvalue weighted by molar-refractivity contribution is 7.49. The van der Waals surface area contributed by atoms with Crippen LogP contribution in [0, 0.1) is 17.6 Å². The van der Waals surface area contributed by atoms with E-state index < -0.39 is 19.9 Å². The van der Waals surface area contributed by atoms with E-state index >= 15 is 0 Å². The summed E-state index contributed by atoms with van der Waals surface area (Å²) in [7, 11) is -1.59. The van der Waals surface area contributed by atoms with Gasteiger partial charge in [-0.3, -0.25) is 0 Å². The van der Waals surface area contributed by atoms with Gasteiger partial charge >= 0.3 is 0 Å². The highest BCUT2D eigenvalue weighted by atomic mass is 31.2. The Morgan fingerprint density at radius 2 is 1.76 bits per heavy atom. The molecule has 0 aliphatic rings. The number of ether oxygens (including phenoxy) is 2. The molecular weight excluding hydrogens is 399 g/mol. The van der Waals surface area contributed by atoms with E-state index in [-0.39, 0.29) is 17.9 Å². The molecule has 0 aliphatic heterocycles. The Hall–Kier alpha value is -1.79. The third kappa shape index (κ3) is 7.19. The van der Waals surface area contributed by atoms with E-state index in [4.69, 9.17) is 14.7 Å². The quantitative estimate of drug-likeness (QED) is 0.237. The van der Waals surface area contributed by atoms with Crippen LogP contribution in [0.1, 0.15) is 33.1 Å². The van der Waals surface area contributed by atoms with E-state index in [9.17, 15) is 13.7 Å². The molecule has 0 spiro atoms. The fraction of sp³-hybridized carbons (Fsp3) is 0.429. The molecule has 0 heterocycles. The minimum atomic E-state index is -1.59. The minimum Gasteiger partial charge on any atom is -0.493 e.